The lowest BCUT2D eigenvalue weighted by atomic mass is 10.1. The summed E-state index contributed by atoms with van der Waals surface area (Å²) in [6, 6.07) is 8.14. The van der Waals surface area contributed by atoms with Gasteiger partial charge in [-0.2, -0.15) is 0 Å². The lowest BCUT2D eigenvalue weighted by molar-refractivity contribution is -0.115. The van der Waals surface area contributed by atoms with E-state index in [2.05, 4.69) is 0 Å². The number of carbonyl (C=O) groups excluding carboxylic acids is 1. The second kappa shape index (κ2) is 5.90. The molecule has 0 atom stereocenters. The molecule has 0 aromatic heterocycles. The van der Waals surface area contributed by atoms with Crippen LogP contribution in [0.5, 0.6) is 0 Å². The van der Waals surface area contributed by atoms with Crippen molar-refractivity contribution in [1.82, 2.24) is 0 Å². The summed E-state index contributed by atoms with van der Waals surface area (Å²) in [5.74, 6) is -11.5. The Morgan fingerprint density at radius 2 is 1.29 bits per heavy atom. The minimum Gasteiger partial charge on any atom is -0.321 e. The van der Waals surface area contributed by atoms with Gasteiger partial charge in [0.05, 0.1) is 6.42 Å². The molecule has 0 saturated heterocycles. The van der Waals surface area contributed by atoms with E-state index in [0.717, 1.165) is 0 Å². The number of carbonyl (C=O) groups is 1. The highest BCUT2D eigenvalue weighted by Gasteiger charge is 2.26. The molecule has 0 heterocycles. The molecule has 0 spiro atoms. The van der Waals surface area contributed by atoms with Gasteiger partial charge in [0.15, 0.2) is 23.3 Å². The van der Waals surface area contributed by atoms with Crippen LogP contribution >= 0.6 is 0 Å². The van der Waals surface area contributed by atoms with Gasteiger partial charge in [0, 0.05) is 0 Å². The number of anilines is 1. The first-order valence-electron chi connectivity index (χ1n) is 5.77. The Hall–Kier alpha value is -2.44. The maximum absolute atomic E-state index is 13.4. The first kappa shape index (κ1) is 15.0. The van der Waals surface area contributed by atoms with E-state index in [-0.39, 0.29) is 6.42 Å². The largest absolute Gasteiger partial charge is 0.321 e. The van der Waals surface area contributed by atoms with Crippen LogP contribution in [0.25, 0.3) is 0 Å². The van der Waals surface area contributed by atoms with Gasteiger partial charge in [-0.25, -0.2) is 22.0 Å². The van der Waals surface area contributed by atoms with E-state index in [1.807, 2.05) is 0 Å². The van der Waals surface area contributed by atoms with Crippen LogP contribution in [0.3, 0.4) is 0 Å². The van der Waals surface area contributed by atoms with Gasteiger partial charge in [0.25, 0.3) is 0 Å². The fraction of sp³-hybridized carbons (Fsp3) is 0.0714. The minimum absolute atomic E-state index is 0.264. The summed E-state index contributed by atoms with van der Waals surface area (Å²) in [7, 11) is 0. The fourth-order valence-electron chi connectivity index (χ4n) is 1.68. The SMILES string of the molecule is O=C(Cc1ccccc1)Nc1c(F)c(F)c(F)c(F)c1F. The molecule has 0 unspecified atom stereocenters. The summed E-state index contributed by atoms with van der Waals surface area (Å²) in [5.41, 5.74) is -0.828. The molecule has 0 aliphatic rings. The summed E-state index contributed by atoms with van der Waals surface area (Å²) in [5, 5.41) is 1.70. The molecule has 21 heavy (non-hydrogen) atoms. The smallest absolute Gasteiger partial charge is 0.228 e. The predicted molar refractivity (Wildman–Crippen MR) is 65.0 cm³/mol. The van der Waals surface area contributed by atoms with Crippen molar-refractivity contribution in [3.8, 4) is 0 Å². The average molecular weight is 301 g/mol. The van der Waals surface area contributed by atoms with Gasteiger partial charge in [-0.15, -0.1) is 0 Å². The summed E-state index contributed by atoms with van der Waals surface area (Å²) < 4.78 is 65.5. The molecule has 1 amide bonds. The zero-order valence-corrected chi connectivity index (χ0v) is 10.4. The third-order valence-electron chi connectivity index (χ3n) is 2.68. The van der Waals surface area contributed by atoms with Gasteiger partial charge in [-0.1, -0.05) is 30.3 Å². The van der Waals surface area contributed by atoms with Gasteiger partial charge >= 0.3 is 0 Å². The van der Waals surface area contributed by atoms with Crippen LogP contribution in [0.2, 0.25) is 0 Å². The molecule has 0 saturated carbocycles. The van der Waals surface area contributed by atoms with E-state index in [1.165, 1.54) is 0 Å². The Balaban J connectivity index is 2.26. The first-order valence-corrected chi connectivity index (χ1v) is 5.77. The molecule has 2 rings (SSSR count). The number of amides is 1. The van der Waals surface area contributed by atoms with E-state index < -0.39 is 40.7 Å². The average Bonchev–Trinajstić information content (AvgIpc) is 2.48. The minimum atomic E-state index is -2.27. The van der Waals surface area contributed by atoms with Crippen LogP contribution in [0, 0.1) is 29.1 Å². The molecule has 0 aliphatic heterocycles. The fourth-order valence-corrected chi connectivity index (χ4v) is 1.68. The van der Waals surface area contributed by atoms with E-state index in [4.69, 9.17) is 0 Å². The first-order chi connectivity index (χ1) is 9.91. The summed E-state index contributed by atoms with van der Waals surface area (Å²) >= 11 is 0. The predicted octanol–water partition coefficient (Wildman–Crippen LogP) is 3.56. The van der Waals surface area contributed by atoms with Crippen molar-refractivity contribution in [1.29, 1.82) is 0 Å². The van der Waals surface area contributed by atoms with Crippen LogP contribution in [0.4, 0.5) is 27.6 Å². The molecule has 2 aromatic rings. The van der Waals surface area contributed by atoms with Gasteiger partial charge in [-0.3, -0.25) is 4.79 Å². The number of benzene rings is 2. The molecular weight excluding hydrogens is 293 g/mol. The van der Waals surface area contributed by atoms with E-state index in [1.54, 1.807) is 35.6 Å². The van der Waals surface area contributed by atoms with Crippen molar-refractivity contribution in [2.45, 2.75) is 6.42 Å². The number of hydrogen-bond acceptors (Lipinski definition) is 1. The Kier molecular flexibility index (Phi) is 4.21. The van der Waals surface area contributed by atoms with Crippen LogP contribution in [-0.4, -0.2) is 5.91 Å². The molecule has 2 aromatic carbocycles. The summed E-state index contributed by atoms with van der Waals surface area (Å²) in [6.45, 7) is 0. The van der Waals surface area contributed by atoms with Gasteiger partial charge in [0.1, 0.15) is 5.69 Å². The Morgan fingerprint density at radius 3 is 1.81 bits per heavy atom. The molecule has 2 nitrogen and oxygen atoms in total. The maximum atomic E-state index is 13.4. The molecule has 0 radical (unpaired) electrons. The van der Waals surface area contributed by atoms with Crippen LogP contribution in [-0.2, 0) is 11.2 Å². The molecule has 0 aliphatic carbocycles. The number of halogens is 5. The molecule has 0 bridgehead atoms. The molecule has 7 heteroatoms. The molecule has 110 valence electrons. The van der Waals surface area contributed by atoms with Gasteiger partial charge in [0.2, 0.25) is 11.7 Å². The monoisotopic (exact) mass is 301 g/mol. The van der Waals surface area contributed by atoms with Crippen molar-refractivity contribution < 1.29 is 26.7 Å². The quantitative estimate of drug-likeness (QED) is 0.524. The lowest BCUT2D eigenvalue weighted by Crippen LogP contribution is -2.18. The van der Waals surface area contributed by atoms with Crippen molar-refractivity contribution in [2.24, 2.45) is 0 Å². The maximum Gasteiger partial charge on any atom is 0.228 e. The van der Waals surface area contributed by atoms with Crippen LogP contribution in [0.15, 0.2) is 30.3 Å². The number of rotatable bonds is 3. The topological polar surface area (TPSA) is 29.1 Å². The van der Waals surface area contributed by atoms with Crippen molar-refractivity contribution >= 4 is 11.6 Å². The highest BCUT2D eigenvalue weighted by Crippen LogP contribution is 2.27. The highest BCUT2D eigenvalue weighted by molar-refractivity contribution is 5.92. The third-order valence-corrected chi connectivity index (χ3v) is 2.68. The van der Waals surface area contributed by atoms with E-state index in [9.17, 15) is 26.7 Å². The standard InChI is InChI=1S/C14H8F5NO/c15-9-10(16)12(18)14(13(19)11(9)17)20-8(21)6-7-4-2-1-3-5-7/h1-5H,6H2,(H,20,21). The second-order valence-corrected chi connectivity index (χ2v) is 4.16. The molecule has 1 N–H and O–H groups in total. The van der Waals surface area contributed by atoms with Gasteiger partial charge < -0.3 is 5.32 Å². The lowest BCUT2D eigenvalue weighted by Gasteiger charge is -2.09. The highest BCUT2D eigenvalue weighted by atomic mass is 19.2. The summed E-state index contributed by atoms with van der Waals surface area (Å²) in [6.07, 6.45) is -0.264. The number of nitrogens with one attached hydrogen (secondary N) is 1. The van der Waals surface area contributed by atoms with Crippen LogP contribution < -0.4 is 5.32 Å². The zero-order valence-electron chi connectivity index (χ0n) is 10.4. The zero-order chi connectivity index (χ0) is 15.6. The van der Waals surface area contributed by atoms with E-state index >= 15 is 0 Å². The Morgan fingerprint density at radius 1 is 0.810 bits per heavy atom. The Labute approximate surface area is 116 Å². The second-order valence-electron chi connectivity index (χ2n) is 4.16. The normalized spacial score (nSPS) is 10.5. The van der Waals surface area contributed by atoms with E-state index in [0.29, 0.717) is 5.56 Å². The van der Waals surface area contributed by atoms with Crippen molar-refractivity contribution in [2.75, 3.05) is 5.32 Å². The van der Waals surface area contributed by atoms with Crippen LogP contribution in [0.1, 0.15) is 5.56 Å². The van der Waals surface area contributed by atoms with Crippen molar-refractivity contribution in [3.05, 3.63) is 65.0 Å². The molecule has 0 fully saturated rings. The van der Waals surface area contributed by atoms with Gasteiger partial charge in [-0.05, 0) is 5.56 Å². The Bertz CT molecular complexity index is 659. The third kappa shape index (κ3) is 3.01. The molecular formula is C14H8F5NO. The number of hydrogen-bond donors (Lipinski definition) is 1. The summed E-state index contributed by atoms with van der Waals surface area (Å²) in [4.78, 5) is 11.6. The van der Waals surface area contributed by atoms with Crippen molar-refractivity contribution in [3.63, 3.8) is 0 Å².